The van der Waals surface area contributed by atoms with Gasteiger partial charge in [0.15, 0.2) is 0 Å². The molecule has 2 rings (SSSR count). The second-order valence-electron chi connectivity index (χ2n) is 5.75. The van der Waals surface area contributed by atoms with Crippen LogP contribution in [-0.4, -0.2) is 23.7 Å². The van der Waals surface area contributed by atoms with Crippen molar-refractivity contribution in [1.82, 2.24) is 0 Å². The number of hydrogen-bond acceptors (Lipinski definition) is 2. The topological polar surface area (TPSA) is 40.5 Å². The molecule has 1 atom stereocenters. The first-order chi connectivity index (χ1) is 8.50. The summed E-state index contributed by atoms with van der Waals surface area (Å²) in [4.78, 5) is 13.2. The third-order valence-corrected chi connectivity index (χ3v) is 3.97. The van der Waals surface area contributed by atoms with Crippen molar-refractivity contribution in [3.05, 3.63) is 30.3 Å². The van der Waals surface area contributed by atoms with Gasteiger partial charge in [-0.05, 0) is 30.4 Å². The zero-order valence-electron chi connectivity index (χ0n) is 11.1. The predicted octanol–water partition coefficient (Wildman–Crippen LogP) is 3.16. The lowest BCUT2D eigenvalue weighted by molar-refractivity contribution is -0.135. The number of hydrogen-bond donors (Lipinski definition) is 1. The molecular weight excluding hydrogens is 226 g/mol. The normalized spacial score (nSPS) is 21.8. The quantitative estimate of drug-likeness (QED) is 0.888. The van der Waals surface area contributed by atoms with Crippen LogP contribution in [0.2, 0.25) is 0 Å². The smallest absolute Gasteiger partial charge is 0.323 e. The molecule has 0 saturated heterocycles. The molecule has 98 valence electrons. The number of carboxylic acids is 1. The first-order valence-electron chi connectivity index (χ1n) is 6.54. The fraction of sp³-hybridized carbons (Fsp3) is 0.533. The number of benzene rings is 1. The second-order valence-corrected chi connectivity index (χ2v) is 5.75. The summed E-state index contributed by atoms with van der Waals surface area (Å²) in [5.41, 5.74) is 1.20. The molecule has 1 aromatic carbocycles. The Morgan fingerprint density at radius 1 is 1.39 bits per heavy atom. The van der Waals surface area contributed by atoms with E-state index >= 15 is 0 Å². The number of nitrogens with zero attached hydrogens (tertiary/aromatic N) is 1. The van der Waals surface area contributed by atoms with E-state index in [1.54, 1.807) is 0 Å². The maximum Gasteiger partial charge on any atom is 0.323 e. The summed E-state index contributed by atoms with van der Waals surface area (Å²) in [6.07, 6.45) is 3.43. The number of rotatable bonds is 4. The lowest BCUT2D eigenvalue weighted by Gasteiger charge is -2.38. The van der Waals surface area contributed by atoms with E-state index in [-0.39, 0.29) is 12.0 Å². The van der Waals surface area contributed by atoms with E-state index in [4.69, 9.17) is 5.11 Å². The minimum absolute atomic E-state index is 0.0815. The van der Waals surface area contributed by atoms with Crippen LogP contribution in [0.3, 0.4) is 0 Å². The van der Waals surface area contributed by atoms with Crippen LogP contribution in [-0.2, 0) is 4.79 Å². The van der Waals surface area contributed by atoms with Crippen LogP contribution in [0, 0.1) is 5.41 Å². The lowest BCUT2D eigenvalue weighted by Crippen LogP contribution is -2.44. The minimum Gasteiger partial charge on any atom is -0.480 e. The summed E-state index contributed by atoms with van der Waals surface area (Å²) in [5, 5.41) is 9.13. The molecule has 18 heavy (non-hydrogen) atoms. The van der Waals surface area contributed by atoms with Crippen molar-refractivity contribution in [2.24, 2.45) is 5.41 Å². The van der Waals surface area contributed by atoms with Gasteiger partial charge in [-0.1, -0.05) is 38.5 Å². The Kier molecular flexibility index (Phi) is 3.60. The Bertz CT molecular complexity index is 414. The van der Waals surface area contributed by atoms with E-state index in [2.05, 4.69) is 18.7 Å². The van der Waals surface area contributed by atoms with Gasteiger partial charge < -0.3 is 10.0 Å². The highest BCUT2D eigenvalue weighted by Crippen LogP contribution is 2.41. The Hall–Kier alpha value is -1.51. The van der Waals surface area contributed by atoms with Crippen LogP contribution < -0.4 is 4.90 Å². The Balaban J connectivity index is 2.28. The summed E-state index contributed by atoms with van der Waals surface area (Å²) >= 11 is 0. The minimum atomic E-state index is -0.762. The highest BCUT2D eigenvalue weighted by Gasteiger charge is 2.39. The molecule has 0 radical (unpaired) electrons. The zero-order chi connectivity index (χ0) is 13.2. The molecule has 1 N–H and O–H groups in total. The molecule has 1 fully saturated rings. The fourth-order valence-corrected chi connectivity index (χ4v) is 3.03. The van der Waals surface area contributed by atoms with E-state index < -0.39 is 5.97 Å². The SMILES string of the molecule is CC1(C)CCCC1N(CC(=O)O)c1ccccc1. The van der Waals surface area contributed by atoms with E-state index in [1.807, 2.05) is 30.3 Å². The number of carbonyl (C=O) groups is 1. The van der Waals surface area contributed by atoms with Crippen molar-refractivity contribution in [2.45, 2.75) is 39.2 Å². The van der Waals surface area contributed by atoms with Crippen LogP contribution in [0.1, 0.15) is 33.1 Å². The number of para-hydroxylation sites is 1. The van der Waals surface area contributed by atoms with Gasteiger partial charge in [-0.15, -0.1) is 0 Å². The molecule has 0 heterocycles. The van der Waals surface area contributed by atoms with Gasteiger partial charge in [-0.25, -0.2) is 0 Å². The van der Waals surface area contributed by atoms with Gasteiger partial charge in [0, 0.05) is 11.7 Å². The predicted molar refractivity (Wildman–Crippen MR) is 72.8 cm³/mol. The average Bonchev–Trinajstić information content (AvgIpc) is 2.67. The van der Waals surface area contributed by atoms with E-state index in [1.165, 1.54) is 12.8 Å². The Morgan fingerprint density at radius 2 is 2.06 bits per heavy atom. The van der Waals surface area contributed by atoms with Crippen molar-refractivity contribution in [3.63, 3.8) is 0 Å². The monoisotopic (exact) mass is 247 g/mol. The Morgan fingerprint density at radius 3 is 2.56 bits per heavy atom. The van der Waals surface area contributed by atoms with Gasteiger partial charge in [0.2, 0.25) is 0 Å². The van der Waals surface area contributed by atoms with Gasteiger partial charge in [-0.3, -0.25) is 4.79 Å². The maximum atomic E-state index is 11.1. The summed E-state index contributed by atoms with van der Waals surface area (Å²) in [6, 6.07) is 10.2. The summed E-state index contributed by atoms with van der Waals surface area (Å²) < 4.78 is 0. The molecule has 0 amide bonds. The first-order valence-corrected chi connectivity index (χ1v) is 6.54. The molecule has 0 aliphatic heterocycles. The summed E-state index contributed by atoms with van der Waals surface area (Å²) in [5.74, 6) is -0.762. The molecule has 3 heteroatoms. The third-order valence-electron chi connectivity index (χ3n) is 3.97. The molecule has 1 unspecified atom stereocenters. The van der Waals surface area contributed by atoms with Crippen LogP contribution >= 0.6 is 0 Å². The van der Waals surface area contributed by atoms with Gasteiger partial charge in [0.25, 0.3) is 0 Å². The fourth-order valence-electron chi connectivity index (χ4n) is 3.03. The molecule has 3 nitrogen and oxygen atoms in total. The Labute approximate surface area is 108 Å². The first kappa shape index (κ1) is 12.9. The van der Waals surface area contributed by atoms with Crippen molar-refractivity contribution in [3.8, 4) is 0 Å². The van der Waals surface area contributed by atoms with E-state index in [0.717, 1.165) is 12.1 Å². The highest BCUT2D eigenvalue weighted by atomic mass is 16.4. The third kappa shape index (κ3) is 2.66. The largest absolute Gasteiger partial charge is 0.480 e. The summed E-state index contributed by atoms with van der Waals surface area (Å²) in [7, 11) is 0. The molecule has 0 aromatic heterocycles. The van der Waals surface area contributed by atoms with Crippen LogP contribution in [0.25, 0.3) is 0 Å². The molecule has 1 aliphatic rings. The van der Waals surface area contributed by atoms with Crippen molar-refractivity contribution < 1.29 is 9.90 Å². The maximum absolute atomic E-state index is 11.1. The molecule has 1 aromatic rings. The van der Waals surface area contributed by atoms with Gasteiger partial charge in [0.05, 0.1) is 0 Å². The zero-order valence-corrected chi connectivity index (χ0v) is 11.1. The number of carboxylic acid groups (broad SMARTS) is 1. The van der Waals surface area contributed by atoms with E-state index in [9.17, 15) is 4.79 Å². The molecule has 0 spiro atoms. The van der Waals surface area contributed by atoms with E-state index in [0.29, 0.717) is 6.04 Å². The van der Waals surface area contributed by atoms with Gasteiger partial charge in [0.1, 0.15) is 6.54 Å². The molecule has 0 bridgehead atoms. The van der Waals surface area contributed by atoms with Crippen molar-refractivity contribution in [2.75, 3.05) is 11.4 Å². The standard InChI is InChI=1S/C15H21NO2/c1-15(2)10-6-9-13(15)16(11-14(17)18)12-7-4-3-5-8-12/h3-5,7-8,13H,6,9-11H2,1-2H3,(H,17,18). The molecule has 1 aliphatic carbocycles. The number of anilines is 1. The molecular formula is C15H21NO2. The van der Waals surface area contributed by atoms with Crippen molar-refractivity contribution in [1.29, 1.82) is 0 Å². The van der Waals surface area contributed by atoms with Crippen LogP contribution in [0.5, 0.6) is 0 Å². The highest BCUT2D eigenvalue weighted by molar-refractivity contribution is 5.74. The van der Waals surface area contributed by atoms with Gasteiger partial charge >= 0.3 is 5.97 Å². The number of aliphatic carboxylic acids is 1. The average molecular weight is 247 g/mol. The second kappa shape index (κ2) is 5.01. The van der Waals surface area contributed by atoms with Crippen LogP contribution in [0.4, 0.5) is 5.69 Å². The summed E-state index contributed by atoms with van der Waals surface area (Å²) in [6.45, 7) is 4.56. The van der Waals surface area contributed by atoms with Crippen molar-refractivity contribution >= 4 is 11.7 Å². The molecule has 1 saturated carbocycles. The lowest BCUT2D eigenvalue weighted by atomic mass is 9.86. The van der Waals surface area contributed by atoms with Crippen LogP contribution in [0.15, 0.2) is 30.3 Å². The van der Waals surface area contributed by atoms with Gasteiger partial charge in [-0.2, -0.15) is 0 Å².